The average Bonchev–Trinajstić information content (AvgIpc) is 3.31. The van der Waals surface area contributed by atoms with Gasteiger partial charge in [0.15, 0.2) is 0 Å². The highest BCUT2D eigenvalue weighted by Crippen LogP contribution is 2.29. The maximum atomic E-state index is 12.7. The number of fused-ring (bicyclic) bond motifs is 2. The Morgan fingerprint density at radius 1 is 1.13 bits per heavy atom. The van der Waals surface area contributed by atoms with Gasteiger partial charge in [0.25, 0.3) is 0 Å². The minimum absolute atomic E-state index is 0.0433. The molecular formula is C23H27NO6. The summed E-state index contributed by atoms with van der Waals surface area (Å²) in [6, 6.07) is 4.66. The number of hydrogen-bond acceptors (Lipinski definition) is 6. The standard InChI is InChI=1S/C23H27NO6/c1-23(2,3)30-22(27)24-9-5-8-18(24)21(26)28-13-16-12-20(25)29-19-11-15-7-4-6-14(15)10-17(16)19/h10-12,18H,4-9,13H2,1-3H3/t18-/m0/s1. The third kappa shape index (κ3) is 4.20. The lowest BCUT2D eigenvalue weighted by molar-refractivity contribution is -0.150. The number of rotatable bonds is 3. The molecule has 0 radical (unpaired) electrons. The number of ether oxygens (including phenoxy) is 2. The van der Waals surface area contributed by atoms with E-state index >= 15 is 0 Å². The highest BCUT2D eigenvalue weighted by Gasteiger charge is 2.37. The van der Waals surface area contributed by atoms with Crippen molar-refractivity contribution in [2.24, 2.45) is 0 Å². The molecule has 1 fully saturated rings. The molecule has 2 aliphatic rings. The molecule has 1 aliphatic carbocycles. The number of amides is 1. The molecule has 7 heteroatoms. The molecule has 1 aromatic heterocycles. The molecular weight excluding hydrogens is 386 g/mol. The SMILES string of the molecule is CC(C)(C)OC(=O)N1CCC[C@H]1C(=O)OCc1cc(=O)oc2cc3c(cc12)CCC3. The van der Waals surface area contributed by atoms with Gasteiger partial charge >= 0.3 is 17.7 Å². The summed E-state index contributed by atoms with van der Waals surface area (Å²) in [7, 11) is 0. The summed E-state index contributed by atoms with van der Waals surface area (Å²) < 4.78 is 16.3. The normalized spacial score (nSPS) is 18.5. The zero-order chi connectivity index (χ0) is 21.5. The Balaban J connectivity index is 1.50. The second-order valence-corrected chi connectivity index (χ2v) is 9.00. The van der Waals surface area contributed by atoms with Crippen LogP contribution in [-0.4, -0.2) is 35.2 Å². The summed E-state index contributed by atoms with van der Waals surface area (Å²) in [6.45, 7) is 5.78. The van der Waals surface area contributed by atoms with Gasteiger partial charge < -0.3 is 13.9 Å². The zero-order valence-electron chi connectivity index (χ0n) is 17.7. The van der Waals surface area contributed by atoms with Gasteiger partial charge in [0, 0.05) is 23.6 Å². The van der Waals surface area contributed by atoms with Crippen LogP contribution in [0.3, 0.4) is 0 Å². The van der Waals surface area contributed by atoms with E-state index in [1.165, 1.54) is 22.1 Å². The quantitative estimate of drug-likeness (QED) is 0.563. The first-order valence-electron chi connectivity index (χ1n) is 10.5. The molecule has 30 heavy (non-hydrogen) atoms. The molecule has 1 atom stereocenters. The van der Waals surface area contributed by atoms with Gasteiger partial charge in [-0.2, -0.15) is 0 Å². The largest absolute Gasteiger partial charge is 0.459 e. The van der Waals surface area contributed by atoms with Crippen molar-refractivity contribution in [3.8, 4) is 0 Å². The number of benzene rings is 1. The third-order valence-electron chi connectivity index (χ3n) is 5.57. The lowest BCUT2D eigenvalue weighted by Gasteiger charge is -2.27. The number of aryl methyl sites for hydroxylation is 2. The fraction of sp³-hybridized carbons (Fsp3) is 0.522. The van der Waals surface area contributed by atoms with Crippen molar-refractivity contribution in [3.63, 3.8) is 0 Å². The number of carbonyl (C=O) groups is 2. The van der Waals surface area contributed by atoms with E-state index in [-0.39, 0.29) is 6.61 Å². The predicted octanol–water partition coefficient (Wildman–Crippen LogP) is 3.72. The predicted molar refractivity (Wildman–Crippen MR) is 110 cm³/mol. The van der Waals surface area contributed by atoms with Gasteiger partial charge in [-0.1, -0.05) is 0 Å². The molecule has 0 unspecified atom stereocenters. The van der Waals surface area contributed by atoms with E-state index in [1.54, 1.807) is 20.8 Å². The maximum Gasteiger partial charge on any atom is 0.411 e. The minimum Gasteiger partial charge on any atom is -0.459 e. The Bertz CT molecular complexity index is 1050. The zero-order valence-corrected chi connectivity index (χ0v) is 17.7. The van der Waals surface area contributed by atoms with Gasteiger partial charge in [0.1, 0.15) is 23.8 Å². The van der Waals surface area contributed by atoms with Crippen LogP contribution in [0.1, 0.15) is 56.7 Å². The van der Waals surface area contributed by atoms with Crippen molar-refractivity contribution >= 4 is 23.0 Å². The van der Waals surface area contributed by atoms with Crippen LogP contribution in [0, 0.1) is 0 Å². The lowest BCUT2D eigenvalue weighted by atomic mass is 10.0. The first-order chi connectivity index (χ1) is 14.2. The van der Waals surface area contributed by atoms with Crippen molar-refractivity contribution in [1.82, 2.24) is 4.90 Å². The Labute approximate surface area is 174 Å². The molecule has 1 aromatic carbocycles. The molecule has 1 aliphatic heterocycles. The van der Waals surface area contributed by atoms with Crippen molar-refractivity contribution in [2.75, 3.05) is 6.54 Å². The van der Waals surface area contributed by atoms with E-state index in [9.17, 15) is 14.4 Å². The number of hydrogen-bond donors (Lipinski definition) is 0. The van der Waals surface area contributed by atoms with E-state index in [2.05, 4.69) is 0 Å². The summed E-state index contributed by atoms with van der Waals surface area (Å²) >= 11 is 0. The van der Waals surface area contributed by atoms with E-state index in [0.29, 0.717) is 30.5 Å². The van der Waals surface area contributed by atoms with Gasteiger partial charge in [-0.3, -0.25) is 4.90 Å². The van der Waals surface area contributed by atoms with Crippen LogP contribution in [0.15, 0.2) is 27.4 Å². The summed E-state index contributed by atoms with van der Waals surface area (Å²) in [6.07, 6.45) is 3.80. The van der Waals surface area contributed by atoms with Crippen LogP contribution in [0.2, 0.25) is 0 Å². The fourth-order valence-corrected chi connectivity index (χ4v) is 4.21. The lowest BCUT2D eigenvalue weighted by Crippen LogP contribution is -2.44. The molecule has 2 aromatic rings. The Morgan fingerprint density at radius 3 is 2.60 bits per heavy atom. The molecule has 4 rings (SSSR count). The highest BCUT2D eigenvalue weighted by molar-refractivity contribution is 5.84. The maximum absolute atomic E-state index is 12.7. The average molecular weight is 413 g/mol. The second kappa shape index (κ2) is 7.78. The van der Waals surface area contributed by atoms with Crippen LogP contribution in [0.5, 0.6) is 0 Å². The van der Waals surface area contributed by atoms with E-state index in [1.807, 2.05) is 12.1 Å². The van der Waals surface area contributed by atoms with Crippen LogP contribution in [0.4, 0.5) is 4.79 Å². The molecule has 0 spiro atoms. The second-order valence-electron chi connectivity index (χ2n) is 9.00. The molecule has 0 saturated carbocycles. The van der Waals surface area contributed by atoms with Crippen LogP contribution >= 0.6 is 0 Å². The molecule has 7 nitrogen and oxygen atoms in total. The minimum atomic E-state index is -0.671. The molecule has 1 amide bonds. The Hall–Kier alpha value is -2.83. The van der Waals surface area contributed by atoms with Crippen LogP contribution < -0.4 is 5.63 Å². The van der Waals surface area contributed by atoms with Crippen molar-refractivity contribution in [1.29, 1.82) is 0 Å². The molecule has 1 saturated heterocycles. The number of esters is 1. The third-order valence-corrected chi connectivity index (χ3v) is 5.57. The van der Waals surface area contributed by atoms with Gasteiger partial charge in [-0.05, 0) is 76.1 Å². The number of nitrogens with zero attached hydrogens (tertiary/aromatic N) is 1. The summed E-state index contributed by atoms with van der Waals surface area (Å²) in [5.41, 5.74) is 2.49. The molecule has 160 valence electrons. The molecule has 0 N–H and O–H groups in total. The number of likely N-dealkylation sites (tertiary alicyclic amines) is 1. The van der Waals surface area contributed by atoms with Gasteiger partial charge in [0.05, 0.1) is 0 Å². The topological polar surface area (TPSA) is 86.0 Å². The summed E-state index contributed by atoms with van der Waals surface area (Å²) in [4.78, 5) is 38.6. The van der Waals surface area contributed by atoms with Gasteiger partial charge in [-0.25, -0.2) is 14.4 Å². The Morgan fingerprint density at radius 2 is 1.87 bits per heavy atom. The Kier molecular flexibility index (Phi) is 5.30. The van der Waals surface area contributed by atoms with Crippen LogP contribution in [-0.2, 0) is 33.7 Å². The van der Waals surface area contributed by atoms with Crippen LogP contribution in [0.25, 0.3) is 11.0 Å². The molecule has 2 heterocycles. The summed E-state index contributed by atoms with van der Waals surface area (Å²) in [5, 5.41) is 0.790. The number of carbonyl (C=O) groups excluding carboxylic acids is 2. The van der Waals surface area contributed by atoms with Gasteiger partial charge in [0.2, 0.25) is 0 Å². The first-order valence-corrected chi connectivity index (χ1v) is 10.5. The highest BCUT2D eigenvalue weighted by atomic mass is 16.6. The van der Waals surface area contributed by atoms with Gasteiger partial charge in [-0.15, -0.1) is 0 Å². The van der Waals surface area contributed by atoms with E-state index in [4.69, 9.17) is 13.9 Å². The van der Waals surface area contributed by atoms with Crippen molar-refractivity contribution < 1.29 is 23.5 Å². The van der Waals surface area contributed by atoms with E-state index < -0.39 is 29.3 Å². The fourth-order valence-electron chi connectivity index (χ4n) is 4.21. The van der Waals surface area contributed by atoms with E-state index in [0.717, 1.165) is 24.6 Å². The summed E-state index contributed by atoms with van der Waals surface area (Å²) in [5.74, 6) is -0.485. The first kappa shape index (κ1) is 20.4. The smallest absolute Gasteiger partial charge is 0.411 e. The molecule has 0 bridgehead atoms. The monoisotopic (exact) mass is 413 g/mol. The van der Waals surface area contributed by atoms with Crippen molar-refractivity contribution in [2.45, 2.75) is 71.1 Å². The van der Waals surface area contributed by atoms with Crippen molar-refractivity contribution in [3.05, 3.63) is 45.3 Å².